The summed E-state index contributed by atoms with van der Waals surface area (Å²) in [5.41, 5.74) is 2.06. The van der Waals surface area contributed by atoms with Crippen molar-refractivity contribution < 1.29 is 22.7 Å². The molecular weight excluding hydrogens is 279 g/mol. The van der Waals surface area contributed by atoms with Crippen molar-refractivity contribution in [3.63, 3.8) is 0 Å². The average Bonchev–Trinajstić information content (AvgIpc) is 2.27. The first-order valence-electron chi connectivity index (χ1n) is 5.58. The Hall–Kier alpha value is -1.21. The molecule has 0 fully saturated rings. The minimum atomic E-state index is -4.31. The van der Waals surface area contributed by atoms with Gasteiger partial charge in [-0.1, -0.05) is 12.1 Å². The lowest BCUT2D eigenvalue weighted by molar-refractivity contribution is -0.143. The van der Waals surface area contributed by atoms with Crippen LogP contribution in [0.15, 0.2) is 29.2 Å². The molecule has 0 amide bonds. The maximum atomic E-state index is 12.1. The first-order valence-corrected chi connectivity index (χ1v) is 6.40. The van der Waals surface area contributed by atoms with Crippen LogP contribution in [0.1, 0.15) is 24.9 Å². The fourth-order valence-electron chi connectivity index (χ4n) is 1.43. The number of ether oxygens (including phenoxy) is 1. The number of alkyl halides is 3. The maximum Gasteiger partial charge on any atom is 0.446 e. The van der Waals surface area contributed by atoms with Gasteiger partial charge in [-0.2, -0.15) is 13.2 Å². The Kier molecular flexibility index (Phi) is 5.68. The van der Waals surface area contributed by atoms with Gasteiger partial charge in [0.2, 0.25) is 0 Å². The Morgan fingerprint density at radius 3 is 2.42 bits per heavy atom. The molecule has 7 heteroatoms. The number of nitrogens with two attached hydrogens (primary N) is 1. The Bertz CT molecular complexity index is 420. The summed E-state index contributed by atoms with van der Waals surface area (Å²) in [6.07, 6.45) is -0.000396. The van der Waals surface area contributed by atoms with Gasteiger partial charge in [-0.3, -0.25) is 4.79 Å². The Balaban J connectivity index is 2.63. The first-order chi connectivity index (χ1) is 8.81. The fourth-order valence-corrected chi connectivity index (χ4v) is 1.97. The topological polar surface area (TPSA) is 52.3 Å². The van der Waals surface area contributed by atoms with E-state index in [1.165, 1.54) is 24.3 Å². The van der Waals surface area contributed by atoms with Crippen LogP contribution in [0.5, 0.6) is 0 Å². The van der Waals surface area contributed by atoms with Crippen LogP contribution in [0.2, 0.25) is 0 Å². The highest BCUT2D eigenvalue weighted by Gasteiger charge is 2.29. The molecule has 0 unspecified atom stereocenters. The van der Waals surface area contributed by atoms with Crippen LogP contribution in [0.4, 0.5) is 13.2 Å². The van der Waals surface area contributed by atoms with Gasteiger partial charge in [-0.15, -0.1) is 0 Å². The molecule has 1 aromatic carbocycles. The van der Waals surface area contributed by atoms with Crippen molar-refractivity contribution in [1.82, 2.24) is 0 Å². The molecule has 0 radical (unpaired) electrons. The minimum absolute atomic E-state index is 0.000396. The van der Waals surface area contributed by atoms with Crippen LogP contribution in [0, 0.1) is 0 Å². The highest BCUT2D eigenvalue weighted by Crippen LogP contribution is 2.37. The molecule has 0 saturated carbocycles. The van der Waals surface area contributed by atoms with Crippen LogP contribution in [-0.2, 0) is 9.53 Å². The van der Waals surface area contributed by atoms with E-state index < -0.39 is 17.5 Å². The summed E-state index contributed by atoms with van der Waals surface area (Å²) in [5.74, 6) is -0.427. The molecule has 0 bridgehead atoms. The number of thioether (sulfide) groups is 1. The molecule has 1 aromatic rings. The van der Waals surface area contributed by atoms with Crippen LogP contribution < -0.4 is 5.73 Å². The summed E-state index contributed by atoms with van der Waals surface area (Å²) >= 11 is -0.189. The minimum Gasteiger partial charge on any atom is -0.466 e. The monoisotopic (exact) mass is 293 g/mol. The van der Waals surface area contributed by atoms with Crippen molar-refractivity contribution in [2.45, 2.75) is 29.8 Å². The zero-order valence-corrected chi connectivity index (χ0v) is 11.1. The second-order valence-electron chi connectivity index (χ2n) is 3.73. The van der Waals surface area contributed by atoms with Crippen LogP contribution in [-0.4, -0.2) is 18.1 Å². The quantitative estimate of drug-likeness (QED) is 0.669. The van der Waals surface area contributed by atoms with Gasteiger partial charge in [0, 0.05) is 10.9 Å². The third-order valence-corrected chi connectivity index (χ3v) is 2.97. The van der Waals surface area contributed by atoms with Gasteiger partial charge in [-0.25, -0.2) is 0 Å². The number of esters is 1. The Labute approximate surface area is 113 Å². The van der Waals surface area contributed by atoms with E-state index in [9.17, 15) is 18.0 Å². The van der Waals surface area contributed by atoms with E-state index in [1.807, 2.05) is 0 Å². The smallest absolute Gasteiger partial charge is 0.446 e. The molecule has 0 aliphatic heterocycles. The number of benzene rings is 1. The number of hydrogen-bond donors (Lipinski definition) is 1. The van der Waals surface area contributed by atoms with Crippen LogP contribution in [0.3, 0.4) is 0 Å². The average molecular weight is 293 g/mol. The number of carbonyl (C=O) groups is 1. The van der Waals surface area contributed by atoms with Gasteiger partial charge in [0.15, 0.2) is 0 Å². The normalized spacial score (nSPS) is 13.1. The highest BCUT2D eigenvalue weighted by atomic mass is 32.2. The van der Waals surface area contributed by atoms with E-state index >= 15 is 0 Å². The third-order valence-electron chi connectivity index (χ3n) is 2.23. The van der Waals surface area contributed by atoms with E-state index in [0.717, 1.165) is 0 Å². The van der Waals surface area contributed by atoms with Crippen molar-refractivity contribution in [3.8, 4) is 0 Å². The highest BCUT2D eigenvalue weighted by molar-refractivity contribution is 8.00. The van der Waals surface area contributed by atoms with Crippen molar-refractivity contribution in [3.05, 3.63) is 29.8 Å². The Morgan fingerprint density at radius 1 is 1.37 bits per heavy atom. The first kappa shape index (κ1) is 15.8. The second-order valence-corrected chi connectivity index (χ2v) is 4.87. The molecule has 106 valence electrons. The van der Waals surface area contributed by atoms with Crippen molar-refractivity contribution in [1.29, 1.82) is 0 Å². The van der Waals surface area contributed by atoms with E-state index in [1.54, 1.807) is 6.92 Å². The molecule has 0 spiro atoms. The van der Waals surface area contributed by atoms with Crippen molar-refractivity contribution >= 4 is 17.7 Å². The molecule has 1 atom stereocenters. The van der Waals surface area contributed by atoms with Gasteiger partial charge in [-0.05, 0) is 36.4 Å². The van der Waals surface area contributed by atoms with Gasteiger partial charge in [0.1, 0.15) is 0 Å². The van der Waals surface area contributed by atoms with Gasteiger partial charge >= 0.3 is 11.5 Å². The van der Waals surface area contributed by atoms with E-state index in [0.29, 0.717) is 5.56 Å². The summed E-state index contributed by atoms with van der Waals surface area (Å²) in [7, 11) is 0. The van der Waals surface area contributed by atoms with Crippen molar-refractivity contribution in [2.24, 2.45) is 5.73 Å². The molecular formula is C12H14F3NO2S. The number of hydrogen-bond acceptors (Lipinski definition) is 4. The van der Waals surface area contributed by atoms with Crippen molar-refractivity contribution in [2.75, 3.05) is 6.61 Å². The predicted molar refractivity (Wildman–Crippen MR) is 66.5 cm³/mol. The lowest BCUT2D eigenvalue weighted by Gasteiger charge is -2.12. The molecule has 0 heterocycles. The summed E-state index contributed by atoms with van der Waals surface area (Å²) < 4.78 is 41.2. The van der Waals surface area contributed by atoms with Gasteiger partial charge < -0.3 is 10.5 Å². The summed E-state index contributed by atoms with van der Waals surface area (Å²) in [5, 5.41) is 0. The number of halogens is 3. The molecule has 0 aromatic heterocycles. The zero-order valence-electron chi connectivity index (χ0n) is 10.2. The lowest BCUT2D eigenvalue weighted by atomic mass is 10.1. The maximum absolute atomic E-state index is 12.1. The largest absolute Gasteiger partial charge is 0.466 e. The molecule has 0 aliphatic carbocycles. The summed E-state index contributed by atoms with van der Waals surface area (Å²) in [6, 6.07) is 5.05. The molecule has 1 rings (SSSR count). The molecule has 19 heavy (non-hydrogen) atoms. The zero-order chi connectivity index (χ0) is 14.5. The SMILES string of the molecule is CCOC(=O)C[C@@H](N)c1ccc(SC(F)(F)F)cc1. The Morgan fingerprint density at radius 2 is 1.95 bits per heavy atom. The fraction of sp³-hybridized carbons (Fsp3) is 0.417. The molecule has 3 nitrogen and oxygen atoms in total. The van der Waals surface area contributed by atoms with E-state index in [4.69, 9.17) is 10.5 Å². The second kappa shape index (κ2) is 6.81. The van der Waals surface area contributed by atoms with Crippen LogP contribution >= 0.6 is 11.8 Å². The molecule has 2 N–H and O–H groups in total. The predicted octanol–water partition coefficient (Wildman–Crippen LogP) is 3.25. The lowest BCUT2D eigenvalue weighted by Crippen LogP contribution is -2.17. The third kappa shape index (κ3) is 5.98. The van der Waals surface area contributed by atoms with Crippen LogP contribution in [0.25, 0.3) is 0 Å². The van der Waals surface area contributed by atoms with E-state index in [-0.39, 0.29) is 29.7 Å². The van der Waals surface area contributed by atoms with Gasteiger partial charge in [0.25, 0.3) is 0 Å². The standard InChI is InChI=1S/C12H14F3NO2S/c1-2-18-11(17)7-10(16)8-3-5-9(6-4-8)19-12(13,14)15/h3-6,10H,2,7,16H2,1H3/t10-/m1/s1. The number of rotatable bonds is 5. The van der Waals surface area contributed by atoms with E-state index in [2.05, 4.69) is 0 Å². The molecule has 0 saturated heterocycles. The number of carbonyl (C=O) groups excluding carboxylic acids is 1. The van der Waals surface area contributed by atoms with Gasteiger partial charge in [0.05, 0.1) is 13.0 Å². The summed E-state index contributed by atoms with van der Waals surface area (Å²) in [6.45, 7) is 1.96. The summed E-state index contributed by atoms with van der Waals surface area (Å²) in [4.78, 5) is 11.3. The molecule has 0 aliphatic rings.